The molecule has 0 aliphatic rings. The van der Waals surface area contributed by atoms with Crippen molar-refractivity contribution in [2.75, 3.05) is 56.9 Å². The van der Waals surface area contributed by atoms with E-state index in [2.05, 4.69) is 41.5 Å². The Balaban J connectivity index is 3.22. The molecule has 168 valence electrons. The Labute approximate surface area is 181 Å². The third kappa shape index (κ3) is 23.9. The van der Waals surface area contributed by atoms with Crippen LogP contribution in [-0.4, -0.2) is 67.8 Å². The molecule has 5 nitrogen and oxygen atoms in total. The molecule has 0 unspecified atom stereocenters. The van der Waals surface area contributed by atoms with Crippen molar-refractivity contribution in [1.29, 1.82) is 0 Å². The zero-order chi connectivity index (χ0) is 21.3. The van der Waals surface area contributed by atoms with Crippen LogP contribution in [0, 0.1) is 5.41 Å². The van der Waals surface area contributed by atoms with Gasteiger partial charge in [-0.15, -0.1) is 0 Å². The first kappa shape index (κ1) is 27.9. The van der Waals surface area contributed by atoms with Crippen LogP contribution in [0.5, 0.6) is 0 Å². The molecular formula is C21H42O5S2. The highest BCUT2D eigenvalue weighted by Gasteiger charge is 2.11. The second kappa shape index (κ2) is 16.7. The summed E-state index contributed by atoms with van der Waals surface area (Å²) in [5, 5.41) is 0. The van der Waals surface area contributed by atoms with E-state index in [9.17, 15) is 4.79 Å². The maximum Gasteiger partial charge on any atom is 0.508 e. The molecular weight excluding hydrogens is 396 g/mol. The molecule has 0 atom stereocenters. The van der Waals surface area contributed by atoms with Crippen molar-refractivity contribution in [3.63, 3.8) is 0 Å². The zero-order valence-corrected chi connectivity index (χ0v) is 20.5. The van der Waals surface area contributed by atoms with E-state index in [4.69, 9.17) is 18.9 Å². The number of thioether (sulfide) groups is 2. The van der Waals surface area contributed by atoms with Crippen molar-refractivity contribution < 1.29 is 23.7 Å². The molecule has 0 radical (unpaired) electrons. The minimum Gasteiger partial charge on any atom is -0.434 e. The first-order valence-electron chi connectivity index (χ1n) is 10.3. The van der Waals surface area contributed by atoms with Gasteiger partial charge in [0.05, 0.1) is 39.6 Å². The Morgan fingerprint density at radius 2 is 1.29 bits per heavy atom. The lowest BCUT2D eigenvalue weighted by Crippen LogP contribution is -2.13. The van der Waals surface area contributed by atoms with Crippen LogP contribution in [0.2, 0.25) is 0 Å². The summed E-state index contributed by atoms with van der Waals surface area (Å²) < 4.78 is 21.5. The fourth-order valence-electron chi connectivity index (χ4n) is 2.06. The summed E-state index contributed by atoms with van der Waals surface area (Å²) in [5.74, 6) is 2.91. The van der Waals surface area contributed by atoms with Crippen LogP contribution in [0.4, 0.5) is 4.79 Å². The van der Waals surface area contributed by atoms with Crippen molar-refractivity contribution in [3.8, 4) is 0 Å². The maximum absolute atomic E-state index is 11.4. The molecule has 7 heteroatoms. The van der Waals surface area contributed by atoms with Crippen LogP contribution in [0.15, 0.2) is 0 Å². The molecule has 0 aromatic carbocycles. The molecule has 0 aliphatic heterocycles. The molecule has 0 saturated heterocycles. The second-order valence-corrected chi connectivity index (χ2v) is 11.9. The van der Waals surface area contributed by atoms with Crippen molar-refractivity contribution in [3.05, 3.63) is 0 Å². The fraction of sp³-hybridized carbons (Fsp3) is 0.952. The first-order chi connectivity index (χ1) is 13.1. The van der Waals surface area contributed by atoms with E-state index in [-0.39, 0.29) is 5.41 Å². The maximum atomic E-state index is 11.4. The summed E-state index contributed by atoms with van der Waals surface area (Å²) in [5.41, 5.74) is 0.270. The predicted molar refractivity (Wildman–Crippen MR) is 122 cm³/mol. The van der Waals surface area contributed by atoms with Gasteiger partial charge in [0.15, 0.2) is 0 Å². The fourth-order valence-corrected chi connectivity index (χ4v) is 3.64. The largest absolute Gasteiger partial charge is 0.508 e. The highest BCUT2D eigenvalue weighted by atomic mass is 32.2. The first-order valence-corrected chi connectivity index (χ1v) is 12.4. The van der Waals surface area contributed by atoms with Gasteiger partial charge in [-0.1, -0.05) is 41.5 Å². The van der Waals surface area contributed by atoms with E-state index >= 15 is 0 Å². The summed E-state index contributed by atoms with van der Waals surface area (Å²) in [6.07, 6.45) is 2.18. The summed E-state index contributed by atoms with van der Waals surface area (Å²) in [7, 11) is 0. The molecule has 0 bridgehead atoms. The minimum atomic E-state index is -0.553. The van der Waals surface area contributed by atoms with Crippen molar-refractivity contribution >= 4 is 29.7 Å². The number of hydrogen-bond donors (Lipinski definition) is 0. The van der Waals surface area contributed by atoms with E-state index in [0.717, 1.165) is 49.7 Å². The molecule has 0 aromatic rings. The third-order valence-electron chi connectivity index (χ3n) is 3.45. The van der Waals surface area contributed by atoms with Gasteiger partial charge in [0, 0.05) is 16.3 Å². The summed E-state index contributed by atoms with van der Waals surface area (Å²) >= 11 is 3.72. The molecule has 0 aliphatic carbocycles. The standard InChI is InChI=1S/C21H42O5S2/c1-20(2,3)9-7-10-25-19(22)26-11-8-16-27-17-14-23-12-13-24-15-18-28-21(4,5)6/h7-18H2,1-6H3. The lowest BCUT2D eigenvalue weighted by molar-refractivity contribution is 0.0526. The Bertz CT molecular complexity index is 378. The number of rotatable bonds is 16. The Morgan fingerprint density at radius 3 is 1.86 bits per heavy atom. The molecule has 0 fully saturated rings. The van der Waals surface area contributed by atoms with Gasteiger partial charge in [-0.3, -0.25) is 0 Å². The molecule has 0 spiro atoms. The van der Waals surface area contributed by atoms with Crippen molar-refractivity contribution in [1.82, 2.24) is 0 Å². The third-order valence-corrected chi connectivity index (χ3v) is 5.72. The topological polar surface area (TPSA) is 54.0 Å². The van der Waals surface area contributed by atoms with Crippen molar-refractivity contribution in [2.24, 2.45) is 5.41 Å². The number of ether oxygens (including phenoxy) is 4. The van der Waals surface area contributed by atoms with Gasteiger partial charge < -0.3 is 18.9 Å². The van der Waals surface area contributed by atoms with Crippen LogP contribution in [-0.2, 0) is 18.9 Å². The van der Waals surface area contributed by atoms with Gasteiger partial charge in [-0.25, -0.2) is 4.79 Å². The normalized spacial score (nSPS) is 12.2. The lowest BCUT2D eigenvalue weighted by atomic mass is 9.91. The molecule has 0 aromatic heterocycles. The number of carbonyl (C=O) groups is 1. The van der Waals surface area contributed by atoms with Crippen LogP contribution < -0.4 is 0 Å². The van der Waals surface area contributed by atoms with Gasteiger partial charge in [0.1, 0.15) is 0 Å². The minimum absolute atomic E-state index is 0.270. The van der Waals surface area contributed by atoms with Crippen LogP contribution in [0.1, 0.15) is 60.8 Å². The van der Waals surface area contributed by atoms with Crippen LogP contribution in [0.25, 0.3) is 0 Å². The zero-order valence-electron chi connectivity index (χ0n) is 18.8. The van der Waals surface area contributed by atoms with E-state index in [1.54, 1.807) is 11.8 Å². The van der Waals surface area contributed by atoms with Gasteiger partial charge in [0.2, 0.25) is 0 Å². The quantitative estimate of drug-likeness (QED) is 0.228. The molecule has 0 amide bonds. The summed E-state index contributed by atoms with van der Waals surface area (Å²) in [4.78, 5) is 11.4. The SMILES string of the molecule is CC(C)(C)CCCOC(=O)OCCCSCCOCCOCCSC(C)(C)C. The van der Waals surface area contributed by atoms with Crippen molar-refractivity contribution in [2.45, 2.75) is 65.6 Å². The van der Waals surface area contributed by atoms with Gasteiger partial charge in [0.25, 0.3) is 0 Å². The monoisotopic (exact) mass is 438 g/mol. The Morgan fingerprint density at radius 1 is 0.714 bits per heavy atom. The van der Waals surface area contributed by atoms with Crippen LogP contribution >= 0.6 is 23.5 Å². The number of carbonyl (C=O) groups excluding carboxylic acids is 1. The average Bonchev–Trinajstić information content (AvgIpc) is 2.57. The number of hydrogen-bond acceptors (Lipinski definition) is 7. The second-order valence-electron chi connectivity index (χ2n) is 8.76. The molecule has 0 N–H and O–H groups in total. The summed E-state index contributed by atoms with van der Waals surface area (Å²) in [6.45, 7) is 16.8. The lowest BCUT2D eigenvalue weighted by Gasteiger charge is -2.17. The Hall–Kier alpha value is -0.110. The van der Waals surface area contributed by atoms with Gasteiger partial charge in [-0.2, -0.15) is 23.5 Å². The van der Waals surface area contributed by atoms with E-state index in [1.165, 1.54) is 0 Å². The van der Waals surface area contributed by atoms with Crippen LogP contribution in [0.3, 0.4) is 0 Å². The smallest absolute Gasteiger partial charge is 0.434 e. The molecule has 0 heterocycles. The van der Waals surface area contributed by atoms with E-state index in [0.29, 0.717) is 31.2 Å². The highest BCUT2D eigenvalue weighted by molar-refractivity contribution is 8.00. The summed E-state index contributed by atoms with van der Waals surface area (Å²) in [6, 6.07) is 0. The predicted octanol–water partition coefficient (Wildman–Crippen LogP) is 5.65. The van der Waals surface area contributed by atoms with E-state index < -0.39 is 6.16 Å². The Kier molecular flexibility index (Phi) is 16.6. The average molecular weight is 439 g/mol. The molecule has 28 heavy (non-hydrogen) atoms. The van der Waals surface area contributed by atoms with Gasteiger partial charge >= 0.3 is 6.16 Å². The van der Waals surface area contributed by atoms with Gasteiger partial charge in [-0.05, 0) is 30.4 Å². The van der Waals surface area contributed by atoms with E-state index in [1.807, 2.05) is 11.8 Å². The highest BCUT2D eigenvalue weighted by Crippen LogP contribution is 2.22. The molecule has 0 saturated carbocycles. The molecule has 0 rings (SSSR count).